The van der Waals surface area contributed by atoms with E-state index in [2.05, 4.69) is 20.3 Å². The molecule has 0 aliphatic rings. The van der Waals surface area contributed by atoms with Crippen molar-refractivity contribution >= 4 is 23.7 Å². The van der Waals surface area contributed by atoms with Crippen molar-refractivity contribution in [1.82, 2.24) is 15.0 Å². The quantitative estimate of drug-likeness (QED) is 0.675. The average Bonchev–Trinajstić information content (AvgIpc) is 2.72. The maximum atomic E-state index is 10.9. The van der Waals surface area contributed by atoms with Gasteiger partial charge in [-0.2, -0.15) is 0 Å². The summed E-state index contributed by atoms with van der Waals surface area (Å²) >= 11 is 5.86. The highest BCUT2D eigenvalue weighted by Gasteiger charge is 2.11. The van der Waals surface area contributed by atoms with Gasteiger partial charge in [-0.25, -0.2) is 15.0 Å². The van der Waals surface area contributed by atoms with Crippen molar-refractivity contribution in [3.8, 4) is 0 Å². The van der Waals surface area contributed by atoms with Crippen LogP contribution in [0.4, 0.5) is 5.82 Å². The highest BCUT2D eigenvalue weighted by Crippen LogP contribution is 2.19. The maximum absolute atomic E-state index is 10.9. The molecule has 1 N–H and O–H groups in total. The summed E-state index contributed by atoms with van der Waals surface area (Å²) in [5, 5.41) is 3.08. The van der Waals surface area contributed by atoms with E-state index in [0.29, 0.717) is 30.4 Å². The molecule has 0 aliphatic heterocycles. The molecule has 6 nitrogen and oxygen atoms in total. The molecule has 94 valence electrons. The molecule has 2 aromatic rings. The van der Waals surface area contributed by atoms with Gasteiger partial charge in [-0.15, -0.1) is 0 Å². The third-order valence-electron chi connectivity index (χ3n) is 2.20. The number of carbonyl (C=O) groups is 1. The molecule has 7 heteroatoms. The Hall–Kier alpha value is -1.95. The SMILES string of the molecule is Cc1nc(Cl)c(C=O)c(NCc2ncc(C)o2)n1. The zero-order valence-electron chi connectivity index (χ0n) is 9.90. The van der Waals surface area contributed by atoms with Crippen LogP contribution in [0.1, 0.15) is 27.8 Å². The van der Waals surface area contributed by atoms with E-state index in [1.807, 2.05) is 0 Å². The van der Waals surface area contributed by atoms with Crippen molar-refractivity contribution in [2.24, 2.45) is 0 Å². The standard InChI is InChI=1S/C11H11ClN4O2/c1-6-3-13-9(18-6)4-14-11-8(5-17)10(12)15-7(2)16-11/h3,5H,4H2,1-2H3,(H,14,15,16). The molecule has 0 amide bonds. The molecule has 0 saturated heterocycles. The molecule has 18 heavy (non-hydrogen) atoms. The Morgan fingerprint density at radius 2 is 2.22 bits per heavy atom. The van der Waals surface area contributed by atoms with Crippen molar-refractivity contribution in [1.29, 1.82) is 0 Å². The van der Waals surface area contributed by atoms with Crippen LogP contribution in [0.2, 0.25) is 5.15 Å². The van der Waals surface area contributed by atoms with Crippen LogP contribution in [0.15, 0.2) is 10.6 Å². The van der Waals surface area contributed by atoms with E-state index < -0.39 is 0 Å². The van der Waals surface area contributed by atoms with Gasteiger partial charge >= 0.3 is 0 Å². The van der Waals surface area contributed by atoms with E-state index in [9.17, 15) is 4.79 Å². The summed E-state index contributed by atoms with van der Waals surface area (Å²) in [4.78, 5) is 23.0. The van der Waals surface area contributed by atoms with E-state index >= 15 is 0 Å². The summed E-state index contributed by atoms with van der Waals surface area (Å²) in [5.41, 5.74) is 0.227. The third kappa shape index (κ3) is 2.65. The van der Waals surface area contributed by atoms with Crippen LogP contribution >= 0.6 is 11.6 Å². The van der Waals surface area contributed by atoms with Gasteiger partial charge in [-0.05, 0) is 13.8 Å². The van der Waals surface area contributed by atoms with E-state index in [4.69, 9.17) is 16.0 Å². The molecule has 0 fully saturated rings. The third-order valence-corrected chi connectivity index (χ3v) is 2.49. The van der Waals surface area contributed by atoms with Crippen molar-refractivity contribution in [2.45, 2.75) is 20.4 Å². The zero-order chi connectivity index (χ0) is 13.1. The molecule has 0 aromatic carbocycles. The van der Waals surface area contributed by atoms with E-state index in [0.717, 1.165) is 5.76 Å². The van der Waals surface area contributed by atoms with Gasteiger partial charge in [0.1, 0.15) is 22.6 Å². The minimum atomic E-state index is 0.128. The number of rotatable bonds is 4. The first-order valence-electron chi connectivity index (χ1n) is 5.24. The lowest BCUT2D eigenvalue weighted by atomic mass is 10.3. The molecule has 0 bridgehead atoms. The fourth-order valence-corrected chi connectivity index (χ4v) is 1.69. The van der Waals surface area contributed by atoms with E-state index in [-0.39, 0.29) is 10.7 Å². The number of hydrogen-bond acceptors (Lipinski definition) is 6. The smallest absolute Gasteiger partial charge is 0.213 e. The van der Waals surface area contributed by atoms with Gasteiger partial charge in [0.05, 0.1) is 18.3 Å². The number of anilines is 1. The van der Waals surface area contributed by atoms with Crippen LogP contribution in [0.3, 0.4) is 0 Å². The first-order chi connectivity index (χ1) is 8.60. The predicted molar refractivity (Wildman–Crippen MR) is 65.7 cm³/mol. The largest absolute Gasteiger partial charge is 0.444 e. The number of aromatic nitrogens is 3. The molecule has 0 atom stereocenters. The van der Waals surface area contributed by atoms with Gasteiger partial charge in [-0.3, -0.25) is 4.79 Å². The second-order valence-corrected chi connectivity index (χ2v) is 4.02. The minimum Gasteiger partial charge on any atom is -0.444 e. The van der Waals surface area contributed by atoms with Crippen LogP contribution in [-0.4, -0.2) is 21.2 Å². The lowest BCUT2D eigenvalue weighted by molar-refractivity contribution is 0.112. The Bertz CT molecular complexity index is 582. The zero-order valence-corrected chi connectivity index (χ0v) is 10.7. The van der Waals surface area contributed by atoms with Gasteiger partial charge in [0.15, 0.2) is 6.29 Å². The Labute approximate surface area is 108 Å². The number of nitrogens with one attached hydrogen (secondary N) is 1. The summed E-state index contributed by atoms with van der Waals surface area (Å²) in [6.07, 6.45) is 2.24. The van der Waals surface area contributed by atoms with Crippen molar-refractivity contribution in [2.75, 3.05) is 5.32 Å². The topological polar surface area (TPSA) is 80.9 Å². The monoisotopic (exact) mass is 266 g/mol. The normalized spacial score (nSPS) is 10.4. The number of oxazole rings is 1. The first-order valence-corrected chi connectivity index (χ1v) is 5.62. The highest BCUT2D eigenvalue weighted by atomic mass is 35.5. The molecule has 0 aliphatic carbocycles. The first kappa shape index (κ1) is 12.5. The lowest BCUT2D eigenvalue weighted by Gasteiger charge is -2.07. The summed E-state index contributed by atoms with van der Waals surface area (Å²) < 4.78 is 5.30. The Morgan fingerprint density at radius 1 is 1.44 bits per heavy atom. The molecule has 2 heterocycles. The van der Waals surface area contributed by atoms with Crippen molar-refractivity contribution in [3.05, 3.63) is 34.4 Å². The molecule has 2 rings (SSSR count). The molecule has 0 spiro atoms. The highest BCUT2D eigenvalue weighted by molar-refractivity contribution is 6.32. The molecular weight excluding hydrogens is 256 g/mol. The Balaban J connectivity index is 2.20. The van der Waals surface area contributed by atoms with Crippen LogP contribution < -0.4 is 5.32 Å². The maximum Gasteiger partial charge on any atom is 0.213 e. The number of nitrogens with zero attached hydrogens (tertiary/aromatic N) is 3. The lowest BCUT2D eigenvalue weighted by Crippen LogP contribution is -2.07. The summed E-state index contributed by atoms with van der Waals surface area (Å²) in [7, 11) is 0. The second kappa shape index (κ2) is 5.14. The van der Waals surface area contributed by atoms with Crippen LogP contribution in [-0.2, 0) is 6.54 Å². The fourth-order valence-electron chi connectivity index (χ4n) is 1.43. The van der Waals surface area contributed by atoms with Crippen LogP contribution in [0.5, 0.6) is 0 Å². The van der Waals surface area contributed by atoms with Gasteiger partial charge in [-0.1, -0.05) is 11.6 Å². The molecule has 0 saturated carbocycles. The van der Waals surface area contributed by atoms with Gasteiger partial charge in [0.2, 0.25) is 5.89 Å². The molecule has 0 unspecified atom stereocenters. The Morgan fingerprint density at radius 3 is 2.83 bits per heavy atom. The van der Waals surface area contributed by atoms with E-state index in [1.165, 1.54) is 0 Å². The molecule has 2 aromatic heterocycles. The van der Waals surface area contributed by atoms with Crippen LogP contribution in [0.25, 0.3) is 0 Å². The van der Waals surface area contributed by atoms with Crippen LogP contribution in [0, 0.1) is 13.8 Å². The second-order valence-electron chi connectivity index (χ2n) is 3.66. The number of carbonyl (C=O) groups excluding carboxylic acids is 1. The van der Waals surface area contributed by atoms with Gasteiger partial charge in [0, 0.05) is 0 Å². The number of hydrogen-bond donors (Lipinski definition) is 1. The summed E-state index contributed by atoms with van der Waals surface area (Å²) in [5.74, 6) is 2.09. The fraction of sp³-hybridized carbons (Fsp3) is 0.273. The molecule has 0 radical (unpaired) electrons. The minimum absolute atomic E-state index is 0.128. The summed E-state index contributed by atoms with van der Waals surface area (Å²) in [6.45, 7) is 3.82. The average molecular weight is 267 g/mol. The number of aldehydes is 1. The number of aryl methyl sites for hydroxylation is 2. The summed E-state index contributed by atoms with van der Waals surface area (Å²) in [6, 6.07) is 0. The molecular formula is C11H11ClN4O2. The van der Waals surface area contributed by atoms with Gasteiger partial charge in [0.25, 0.3) is 0 Å². The predicted octanol–water partition coefficient (Wildman–Crippen LogP) is 2.16. The van der Waals surface area contributed by atoms with Crippen molar-refractivity contribution in [3.63, 3.8) is 0 Å². The van der Waals surface area contributed by atoms with Crippen molar-refractivity contribution < 1.29 is 9.21 Å². The number of halogens is 1. The Kier molecular flexibility index (Phi) is 3.57. The van der Waals surface area contributed by atoms with Gasteiger partial charge < -0.3 is 9.73 Å². The van der Waals surface area contributed by atoms with E-state index in [1.54, 1.807) is 20.0 Å².